The summed E-state index contributed by atoms with van der Waals surface area (Å²) >= 11 is 1.66. The van der Waals surface area contributed by atoms with Crippen molar-refractivity contribution in [3.63, 3.8) is 0 Å². The minimum atomic E-state index is 0.0870. The van der Waals surface area contributed by atoms with E-state index in [1.807, 2.05) is 12.3 Å². The zero-order valence-corrected chi connectivity index (χ0v) is 23.2. The minimum absolute atomic E-state index is 0.0870. The number of H-pyrrole nitrogens is 1. The number of nitrogens with one attached hydrogen (secondary N) is 2. The van der Waals surface area contributed by atoms with Crippen LogP contribution in [0.2, 0.25) is 0 Å². The van der Waals surface area contributed by atoms with Crippen LogP contribution in [0.4, 0.5) is 0 Å². The first kappa shape index (κ1) is 24.7. The Kier molecular flexibility index (Phi) is 6.04. The van der Waals surface area contributed by atoms with Gasteiger partial charge in [-0.3, -0.25) is 15.0 Å². The molecular formula is C29H36N6S. The van der Waals surface area contributed by atoms with Crippen molar-refractivity contribution in [3.05, 3.63) is 60.1 Å². The van der Waals surface area contributed by atoms with E-state index >= 15 is 0 Å². The largest absolute Gasteiger partial charge is 0.381 e. The molecule has 0 radical (unpaired) electrons. The molecular weight excluding hydrogens is 464 g/mol. The van der Waals surface area contributed by atoms with Crippen LogP contribution in [-0.4, -0.2) is 49.2 Å². The van der Waals surface area contributed by atoms with Crippen molar-refractivity contribution < 1.29 is 0 Å². The Morgan fingerprint density at radius 2 is 1.89 bits per heavy atom. The predicted molar refractivity (Wildman–Crippen MR) is 151 cm³/mol. The predicted octanol–water partition coefficient (Wildman–Crippen LogP) is 6.58. The monoisotopic (exact) mass is 500 g/mol. The molecule has 0 amide bonds. The molecule has 36 heavy (non-hydrogen) atoms. The molecule has 1 aromatic carbocycles. The Morgan fingerprint density at radius 3 is 2.56 bits per heavy atom. The SMILES string of the molecule is C=C(NC1CC(C)(C)N(C)C(C)(C)C1)c1nc(-c2[nH]nc3c(C)cc(C)cc23)sc1-c1cccnc1. The van der Waals surface area contributed by atoms with Gasteiger partial charge in [0, 0.05) is 40.5 Å². The summed E-state index contributed by atoms with van der Waals surface area (Å²) in [7, 11) is 2.23. The normalized spacial score (nSPS) is 18.0. The molecule has 188 valence electrons. The van der Waals surface area contributed by atoms with E-state index in [1.54, 1.807) is 17.5 Å². The molecule has 0 unspecified atom stereocenters. The highest BCUT2D eigenvalue weighted by Gasteiger charge is 2.43. The van der Waals surface area contributed by atoms with Gasteiger partial charge in [-0.15, -0.1) is 11.3 Å². The number of thiazole rings is 1. The van der Waals surface area contributed by atoms with E-state index in [-0.39, 0.29) is 11.1 Å². The van der Waals surface area contributed by atoms with Crippen LogP contribution < -0.4 is 5.32 Å². The van der Waals surface area contributed by atoms with Gasteiger partial charge >= 0.3 is 0 Å². The topological polar surface area (TPSA) is 69.7 Å². The van der Waals surface area contributed by atoms with Crippen molar-refractivity contribution in [1.29, 1.82) is 0 Å². The van der Waals surface area contributed by atoms with Gasteiger partial charge in [0.25, 0.3) is 0 Å². The van der Waals surface area contributed by atoms with Gasteiger partial charge in [0.1, 0.15) is 16.4 Å². The lowest BCUT2D eigenvalue weighted by molar-refractivity contribution is -0.0151. The molecule has 6 nitrogen and oxygen atoms in total. The second-order valence-electron chi connectivity index (χ2n) is 11.4. The third-order valence-electron chi connectivity index (χ3n) is 7.73. The van der Waals surface area contributed by atoms with Crippen molar-refractivity contribution in [1.82, 2.24) is 30.4 Å². The molecule has 1 saturated heterocycles. The number of likely N-dealkylation sites (tertiary alicyclic amines) is 1. The van der Waals surface area contributed by atoms with E-state index in [0.717, 1.165) is 61.8 Å². The lowest BCUT2D eigenvalue weighted by Gasteiger charge is -2.54. The summed E-state index contributed by atoms with van der Waals surface area (Å²) in [5.74, 6) is 0. The van der Waals surface area contributed by atoms with Gasteiger partial charge < -0.3 is 5.32 Å². The van der Waals surface area contributed by atoms with E-state index in [9.17, 15) is 0 Å². The molecule has 0 atom stereocenters. The van der Waals surface area contributed by atoms with Crippen LogP contribution in [0.1, 0.15) is 57.4 Å². The molecule has 4 heterocycles. The Hall–Kier alpha value is -3.03. The second-order valence-corrected chi connectivity index (χ2v) is 12.4. The maximum Gasteiger partial charge on any atom is 0.143 e. The maximum atomic E-state index is 5.14. The highest BCUT2D eigenvalue weighted by Crippen LogP contribution is 2.41. The number of hydrogen-bond donors (Lipinski definition) is 2. The minimum Gasteiger partial charge on any atom is -0.381 e. The van der Waals surface area contributed by atoms with Crippen LogP contribution in [0.3, 0.4) is 0 Å². The first-order valence-corrected chi connectivity index (χ1v) is 13.3. The summed E-state index contributed by atoms with van der Waals surface area (Å²) in [5, 5.41) is 13.6. The van der Waals surface area contributed by atoms with Crippen LogP contribution in [0.25, 0.3) is 37.7 Å². The zero-order chi connectivity index (χ0) is 25.8. The first-order valence-electron chi connectivity index (χ1n) is 12.5. The highest BCUT2D eigenvalue weighted by atomic mass is 32.1. The zero-order valence-electron chi connectivity index (χ0n) is 22.4. The van der Waals surface area contributed by atoms with Crippen molar-refractivity contribution in [2.75, 3.05) is 7.05 Å². The van der Waals surface area contributed by atoms with Crippen molar-refractivity contribution in [2.45, 2.75) is 71.5 Å². The fourth-order valence-corrected chi connectivity index (χ4v) is 6.84. The van der Waals surface area contributed by atoms with E-state index in [4.69, 9.17) is 4.98 Å². The number of rotatable bonds is 5. The quantitative estimate of drug-likeness (QED) is 0.324. The third-order valence-corrected chi connectivity index (χ3v) is 8.85. The lowest BCUT2D eigenvalue weighted by Crippen LogP contribution is -2.61. The molecule has 2 N–H and O–H groups in total. The van der Waals surface area contributed by atoms with Gasteiger partial charge in [0.15, 0.2) is 0 Å². The van der Waals surface area contributed by atoms with Gasteiger partial charge in [0.05, 0.1) is 16.1 Å². The first-order chi connectivity index (χ1) is 17.0. The molecule has 4 aromatic rings. The number of aryl methyl sites for hydroxylation is 2. The Morgan fingerprint density at radius 1 is 1.17 bits per heavy atom. The van der Waals surface area contributed by atoms with Crippen LogP contribution >= 0.6 is 11.3 Å². The van der Waals surface area contributed by atoms with Crippen molar-refractivity contribution in [3.8, 4) is 21.1 Å². The number of benzene rings is 1. The summed E-state index contributed by atoms with van der Waals surface area (Å²) in [6.45, 7) is 18.0. The summed E-state index contributed by atoms with van der Waals surface area (Å²) in [4.78, 5) is 13.1. The van der Waals surface area contributed by atoms with E-state index in [0.29, 0.717) is 6.04 Å². The maximum absolute atomic E-state index is 5.14. The number of hydrogen-bond acceptors (Lipinski definition) is 6. The van der Waals surface area contributed by atoms with E-state index < -0.39 is 0 Å². The molecule has 0 bridgehead atoms. The Balaban J connectivity index is 1.55. The molecule has 7 heteroatoms. The van der Waals surface area contributed by atoms with Gasteiger partial charge in [-0.05, 0) is 79.1 Å². The second kappa shape index (κ2) is 8.82. The molecule has 3 aromatic heterocycles. The van der Waals surface area contributed by atoms with Gasteiger partial charge in [-0.1, -0.05) is 24.3 Å². The molecule has 0 saturated carbocycles. The Labute approximate surface area is 217 Å². The smallest absolute Gasteiger partial charge is 0.143 e. The van der Waals surface area contributed by atoms with Gasteiger partial charge in [-0.25, -0.2) is 4.98 Å². The number of fused-ring (bicyclic) bond motifs is 1. The lowest BCUT2D eigenvalue weighted by atomic mass is 9.77. The number of pyridine rings is 1. The van der Waals surface area contributed by atoms with Gasteiger partial charge in [-0.2, -0.15) is 5.10 Å². The number of nitrogens with zero attached hydrogens (tertiary/aromatic N) is 4. The average Bonchev–Trinajstić information content (AvgIpc) is 3.42. The Bertz CT molecular complexity index is 1410. The summed E-state index contributed by atoms with van der Waals surface area (Å²) in [6.07, 6.45) is 5.77. The molecule has 1 fully saturated rings. The van der Waals surface area contributed by atoms with E-state index in [2.05, 4.69) is 98.8 Å². The molecule has 1 aliphatic rings. The fraction of sp³-hybridized carbons (Fsp3) is 0.414. The van der Waals surface area contributed by atoms with Crippen LogP contribution in [0.15, 0.2) is 43.2 Å². The summed E-state index contributed by atoms with van der Waals surface area (Å²) in [5.41, 5.74) is 7.27. The van der Waals surface area contributed by atoms with Crippen LogP contribution in [0, 0.1) is 13.8 Å². The highest BCUT2D eigenvalue weighted by molar-refractivity contribution is 7.18. The number of piperidine rings is 1. The number of aromatic nitrogens is 4. The molecule has 1 aliphatic heterocycles. The third kappa shape index (κ3) is 4.35. The van der Waals surface area contributed by atoms with Crippen LogP contribution in [0.5, 0.6) is 0 Å². The molecule has 5 rings (SSSR count). The molecule has 0 spiro atoms. The molecule has 0 aliphatic carbocycles. The average molecular weight is 501 g/mol. The fourth-order valence-electron chi connectivity index (χ4n) is 5.75. The number of aromatic amines is 1. The summed E-state index contributed by atoms with van der Waals surface area (Å²) < 4.78 is 0. The van der Waals surface area contributed by atoms with E-state index in [1.165, 1.54) is 5.56 Å². The van der Waals surface area contributed by atoms with Crippen molar-refractivity contribution in [2.24, 2.45) is 0 Å². The summed E-state index contributed by atoms with van der Waals surface area (Å²) in [6, 6.07) is 8.71. The van der Waals surface area contributed by atoms with Gasteiger partial charge in [0.2, 0.25) is 0 Å². The standard InChI is InChI=1S/C29H36N6S/c1-17-12-18(2)23-22(13-17)25(34-33-23)27-32-24(26(36-27)20-10-9-11-30-16-20)19(3)31-21-14-28(4,5)35(8)29(6,7)15-21/h9-13,16,21,31H,3,14-15H2,1-2,4-8H3,(H,33,34). The van der Waals surface area contributed by atoms with Crippen molar-refractivity contribution >= 4 is 27.9 Å². The van der Waals surface area contributed by atoms with Crippen LogP contribution in [-0.2, 0) is 0 Å².